The maximum Gasteiger partial charge on any atom is 0.324 e. The molecule has 0 radical (unpaired) electrons. The minimum atomic E-state index is 0.271. The highest BCUT2D eigenvalue weighted by Crippen LogP contribution is 2.32. The van der Waals surface area contributed by atoms with E-state index in [1.165, 1.54) is 11.3 Å². The van der Waals surface area contributed by atoms with Crippen LogP contribution in [0.25, 0.3) is 5.69 Å². The SMILES string of the molecule is CC(C)c1noc(N2CCC(c3nc(COc4ccc(-n5cncn5)cc4)cs3)CC2)n1. The second-order valence-electron chi connectivity index (χ2n) is 8.15. The largest absolute Gasteiger partial charge is 0.487 e. The van der Waals surface area contributed by atoms with Gasteiger partial charge in [0.25, 0.3) is 0 Å². The lowest BCUT2D eigenvalue weighted by Crippen LogP contribution is -2.33. The molecule has 0 saturated carbocycles. The molecular weight excluding hydrogens is 426 g/mol. The average molecular weight is 452 g/mol. The molecule has 4 aromatic rings. The summed E-state index contributed by atoms with van der Waals surface area (Å²) in [4.78, 5) is 15.5. The molecule has 0 amide bonds. The van der Waals surface area contributed by atoms with Gasteiger partial charge in [-0.05, 0) is 37.1 Å². The van der Waals surface area contributed by atoms with Crippen molar-refractivity contribution in [1.82, 2.24) is 29.9 Å². The normalized spacial score (nSPS) is 14.9. The number of benzene rings is 1. The van der Waals surface area contributed by atoms with Crippen LogP contribution in [0.4, 0.5) is 6.01 Å². The van der Waals surface area contributed by atoms with E-state index in [0.29, 0.717) is 18.5 Å². The van der Waals surface area contributed by atoms with Crippen LogP contribution in [0, 0.1) is 0 Å². The molecule has 0 atom stereocenters. The van der Waals surface area contributed by atoms with Crippen molar-refractivity contribution in [2.24, 2.45) is 0 Å². The number of piperidine rings is 1. The van der Waals surface area contributed by atoms with Crippen molar-refractivity contribution < 1.29 is 9.26 Å². The van der Waals surface area contributed by atoms with E-state index in [-0.39, 0.29) is 5.92 Å². The van der Waals surface area contributed by atoms with E-state index in [0.717, 1.165) is 48.9 Å². The number of hydrogen-bond acceptors (Lipinski definition) is 9. The molecule has 0 bridgehead atoms. The van der Waals surface area contributed by atoms with Crippen molar-refractivity contribution in [3.63, 3.8) is 0 Å². The van der Waals surface area contributed by atoms with Crippen LogP contribution in [0.3, 0.4) is 0 Å². The van der Waals surface area contributed by atoms with Gasteiger partial charge in [0.2, 0.25) is 0 Å². The van der Waals surface area contributed by atoms with Gasteiger partial charge in [0, 0.05) is 30.3 Å². The van der Waals surface area contributed by atoms with Gasteiger partial charge in [0.05, 0.1) is 16.4 Å². The lowest BCUT2D eigenvalue weighted by Gasteiger charge is -2.29. The summed E-state index contributed by atoms with van der Waals surface area (Å²) in [6, 6.07) is 8.41. The Balaban J connectivity index is 1.13. The van der Waals surface area contributed by atoms with Crippen LogP contribution >= 0.6 is 11.3 Å². The third-order valence-corrected chi connectivity index (χ3v) is 6.59. The minimum absolute atomic E-state index is 0.271. The van der Waals surface area contributed by atoms with E-state index < -0.39 is 0 Å². The minimum Gasteiger partial charge on any atom is -0.487 e. The summed E-state index contributed by atoms with van der Waals surface area (Å²) in [5.41, 5.74) is 1.91. The monoisotopic (exact) mass is 451 g/mol. The smallest absolute Gasteiger partial charge is 0.324 e. The molecule has 1 saturated heterocycles. The fraction of sp³-hybridized carbons (Fsp3) is 0.409. The van der Waals surface area contributed by atoms with Gasteiger partial charge in [-0.2, -0.15) is 10.1 Å². The molecule has 3 aromatic heterocycles. The summed E-state index contributed by atoms with van der Waals surface area (Å²) >= 11 is 1.72. The predicted octanol–water partition coefficient (Wildman–Crippen LogP) is 4.19. The summed E-state index contributed by atoms with van der Waals surface area (Å²) < 4.78 is 13.1. The highest BCUT2D eigenvalue weighted by molar-refractivity contribution is 7.09. The van der Waals surface area contributed by atoms with Gasteiger partial charge in [-0.15, -0.1) is 11.3 Å². The Hall–Kier alpha value is -3.27. The Labute approximate surface area is 190 Å². The van der Waals surface area contributed by atoms with Crippen molar-refractivity contribution in [1.29, 1.82) is 0 Å². The Morgan fingerprint density at radius 1 is 1.16 bits per heavy atom. The Morgan fingerprint density at radius 3 is 2.66 bits per heavy atom. The standard InChI is InChI=1S/C22H25N7O2S/c1-15(2)20-26-22(31-27-20)28-9-7-16(8-10-28)21-25-17(12-32-21)11-30-19-5-3-18(4-6-19)29-14-23-13-24-29/h3-6,12-16H,7-11H2,1-2H3. The van der Waals surface area contributed by atoms with Crippen LogP contribution in [0.2, 0.25) is 0 Å². The lowest BCUT2D eigenvalue weighted by atomic mass is 9.98. The van der Waals surface area contributed by atoms with Crippen molar-refractivity contribution in [2.45, 2.75) is 45.1 Å². The molecule has 5 rings (SSSR count). The Kier molecular flexibility index (Phi) is 5.85. The third-order valence-electron chi connectivity index (χ3n) is 5.54. The van der Waals surface area contributed by atoms with E-state index in [9.17, 15) is 0 Å². The number of thiazole rings is 1. The molecule has 1 aromatic carbocycles. The summed E-state index contributed by atoms with van der Waals surface area (Å²) in [5.74, 6) is 2.30. The maximum atomic E-state index is 5.92. The zero-order chi connectivity index (χ0) is 21.9. The van der Waals surface area contributed by atoms with Crippen LogP contribution in [-0.2, 0) is 6.61 Å². The zero-order valence-electron chi connectivity index (χ0n) is 18.1. The van der Waals surface area contributed by atoms with E-state index in [1.807, 2.05) is 24.3 Å². The van der Waals surface area contributed by atoms with Crippen molar-refractivity contribution >= 4 is 17.4 Å². The molecule has 0 N–H and O–H groups in total. The lowest BCUT2D eigenvalue weighted by molar-refractivity contribution is 0.301. The quantitative estimate of drug-likeness (QED) is 0.413. The maximum absolute atomic E-state index is 5.92. The molecule has 0 unspecified atom stereocenters. The van der Waals surface area contributed by atoms with Crippen LogP contribution in [0.5, 0.6) is 5.75 Å². The Morgan fingerprint density at radius 2 is 1.97 bits per heavy atom. The molecule has 32 heavy (non-hydrogen) atoms. The molecular formula is C22H25N7O2S. The molecule has 0 spiro atoms. The first kappa shape index (κ1) is 20.6. The van der Waals surface area contributed by atoms with Crippen LogP contribution in [0.1, 0.15) is 55.1 Å². The van der Waals surface area contributed by atoms with Crippen LogP contribution in [-0.4, -0.2) is 43.0 Å². The fourth-order valence-electron chi connectivity index (χ4n) is 3.68. The predicted molar refractivity (Wildman–Crippen MR) is 120 cm³/mol. The highest BCUT2D eigenvalue weighted by atomic mass is 32.1. The first-order valence-corrected chi connectivity index (χ1v) is 11.6. The van der Waals surface area contributed by atoms with E-state index in [2.05, 4.69) is 44.4 Å². The second-order valence-corrected chi connectivity index (χ2v) is 9.04. The number of anilines is 1. The van der Waals surface area contributed by atoms with Gasteiger partial charge in [-0.25, -0.2) is 14.6 Å². The molecule has 10 heteroatoms. The highest BCUT2D eigenvalue weighted by Gasteiger charge is 2.26. The summed E-state index contributed by atoms with van der Waals surface area (Å²) in [5, 5.41) is 11.5. The molecule has 166 valence electrons. The number of nitrogens with zero attached hydrogens (tertiary/aromatic N) is 7. The topological polar surface area (TPSA) is 95.0 Å². The van der Waals surface area contributed by atoms with Gasteiger partial charge in [-0.1, -0.05) is 19.0 Å². The number of aromatic nitrogens is 6. The molecule has 9 nitrogen and oxygen atoms in total. The molecule has 1 aliphatic rings. The average Bonchev–Trinajstić information content (AvgIpc) is 3.60. The van der Waals surface area contributed by atoms with Gasteiger partial charge >= 0.3 is 6.01 Å². The van der Waals surface area contributed by atoms with Crippen LogP contribution in [0.15, 0.2) is 46.8 Å². The third kappa shape index (κ3) is 4.50. The number of hydrogen-bond donors (Lipinski definition) is 0. The van der Waals surface area contributed by atoms with Crippen molar-refractivity contribution in [3.8, 4) is 11.4 Å². The van der Waals surface area contributed by atoms with E-state index in [1.54, 1.807) is 22.3 Å². The molecule has 4 heterocycles. The molecule has 1 aliphatic heterocycles. The van der Waals surface area contributed by atoms with Crippen molar-refractivity contribution in [2.75, 3.05) is 18.0 Å². The van der Waals surface area contributed by atoms with Crippen LogP contribution < -0.4 is 9.64 Å². The van der Waals surface area contributed by atoms with E-state index >= 15 is 0 Å². The number of rotatable bonds is 7. The summed E-state index contributed by atoms with van der Waals surface area (Å²) in [7, 11) is 0. The van der Waals surface area contributed by atoms with Gasteiger partial charge in [0.1, 0.15) is 25.0 Å². The Bertz CT molecular complexity index is 1130. The second kappa shape index (κ2) is 9.07. The zero-order valence-corrected chi connectivity index (χ0v) is 18.9. The summed E-state index contributed by atoms with van der Waals surface area (Å²) in [6.45, 7) is 6.39. The van der Waals surface area contributed by atoms with E-state index in [4.69, 9.17) is 14.2 Å². The first-order valence-electron chi connectivity index (χ1n) is 10.8. The molecule has 0 aliphatic carbocycles. The van der Waals surface area contributed by atoms with Gasteiger partial charge < -0.3 is 14.2 Å². The van der Waals surface area contributed by atoms with Gasteiger partial charge in [0.15, 0.2) is 5.82 Å². The van der Waals surface area contributed by atoms with Crippen molar-refractivity contribution in [3.05, 3.63) is 58.8 Å². The molecule has 1 fully saturated rings. The first-order chi connectivity index (χ1) is 15.7. The fourth-order valence-corrected chi connectivity index (χ4v) is 4.65. The summed E-state index contributed by atoms with van der Waals surface area (Å²) in [6.07, 6.45) is 5.23. The van der Waals surface area contributed by atoms with Gasteiger partial charge in [-0.3, -0.25) is 0 Å². The number of ether oxygens (including phenoxy) is 1.